The number of hydrogen-bond acceptors (Lipinski definition) is 5. The van der Waals surface area contributed by atoms with Gasteiger partial charge in [0.25, 0.3) is 11.8 Å². The fourth-order valence-corrected chi connectivity index (χ4v) is 2.19. The predicted molar refractivity (Wildman–Crippen MR) is 87.1 cm³/mol. The van der Waals surface area contributed by atoms with Gasteiger partial charge in [-0.1, -0.05) is 0 Å². The fourth-order valence-electron chi connectivity index (χ4n) is 2.19. The molecule has 0 bridgehead atoms. The van der Waals surface area contributed by atoms with Crippen molar-refractivity contribution < 1.29 is 22.8 Å². The molecule has 0 atom stereocenters. The minimum absolute atomic E-state index is 0.00264. The summed E-state index contributed by atoms with van der Waals surface area (Å²) in [6, 6.07) is 4.96. The van der Waals surface area contributed by atoms with Crippen LogP contribution in [0, 0.1) is 0 Å². The van der Waals surface area contributed by atoms with Crippen LogP contribution in [0.4, 0.5) is 18.9 Å². The monoisotopic (exact) mass is 376 g/mol. The molecule has 138 valence electrons. The number of pyridine rings is 2. The van der Waals surface area contributed by atoms with Crippen molar-refractivity contribution in [3.8, 4) is 5.69 Å². The summed E-state index contributed by atoms with van der Waals surface area (Å²) in [5, 5.41) is 2.42. The summed E-state index contributed by atoms with van der Waals surface area (Å²) >= 11 is 0. The first-order chi connectivity index (χ1) is 12.8. The van der Waals surface area contributed by atoms with Crippen LogP contribution in [0.15, 0.2) is 49.2 Å². The molecule has 0 spiro atoms. The van der Waals surface area contributed by atoms with Gasteiger partial charge >= 0.3 is 6.18 Å². The molecule has 3 rings (SSSR count). The second kappa shape index (κ2) is 6.86. The minimum Gasteiger partial charge on any atom is -0.364 e. The molecule has 0 aliphatic rings. The fraction of sp³-hybridized carbons (Fsp3) is 0.0625. The number of primary amides is 1. The molecule has 0 unspecified atom stereocenters. The van der Waals surface area contributed by atoms with Gasteiger partial charge in [-0.3, -0.25) is 9.59 Å². The summed E-state index contributed by atoms with van der Waals surface area (Å²) in [5.74, 6) is -1.42. The van der Waals surface area contributed by atoms with E-state index in [4.69, 9.17) is 5.73 Å². The van der Waals surface area contributed by atoms with Gasteiger partial charge in [-0.25, -0.2) is 15.0 Å². The highest BCUT2D eigenvalue weighted by atomic mass is 19.4. The number of nitrogens with two attached hydrogens (primary N) is 1. The molecular formula is C16H11F3N6O2. The Morgan fingerprint density at radius 2 is 1.89 bits per heavy atom. The Bertz CT molecular complexity index is 998. The van der Waals surface area contributed by atoms with Gasteiger partial charge in [0.15, 0.2) is 5.69 Å². The van der Waals surface area contributed by atoms with E-state index >= 15 is 0 Å². The van der Waals surface area contributed by atoms with Crippen molar-refractivity contribution in [2.75, 3.05) is 5.32 Å². The van der Waals surface area contributed by atoms with Crippen LogP contribution < -0.4 is 11.1 Å². The van der Waals surface area contributed by atoms with Crippen molar-refractivity contribution in [2.45, 2.75) is 6.18 Å². The maximum Gasteiger partial charge on any atom is 0.433 e. The Morgan fingerprint density at radius 3 is 2.48 bits per heavy atom. The summed E-state index contributed by atoms with van der Waals surface area (Å²) in [7, 11) is 0. The van der Waals surface area contributed by atoms with E-state index in [2.05, 4.69) is 20.3 Å². The van der Waals surface area contributed by atoms with Gasteiger partial charge in [-0.2, -0.15) is 13.2 Å². The maximum absolute atomic E-state index is 12.5. The number of nitrogens with zero attached hydrogens (tertiary/aromatic N) is 4. The quantitative estimate of drug-likeness (QED) is 0.723. The number of carbonyl (C=O) groups is 2. The highest BCUT2D eigenvalue weighted by Crippen LogP contribution is 2.27. The third-order valence-corrected chi connectivity index (χ3v) is 3.43. The van der Waals surface area contributed by atoms with Crippen molar-refractivity contribution in [3.05, 3.63) is 66.3 Å². The average Bonchev–Trinajstić information content (AvgIpc) is 3.12. The van der Waals surface area contributed by atoms with E-state index in [-0.39, 0.29) is 17.1 Å². The van der Waals surface area contributed by atoms with Gasteiger partial charge in [0.05, 0.1) is 17.6 Å². The highest BCUT2D eigenvalue weighted by molar-refractivity contribution is 6.05. The normalized spacial score (nSPS) is 11.2. The highest BCUT2D eigenvalue weighted by Gasteiger charge is 2.32. The largest absolute Gasteiger partial charge is 0.433 e. The molecule has 2 amide bonds. The molecule has 0 aliphatic heterocycles. The lowest BCUT2D eigenvalue weighted by molar-refractivity contribution is -0.141. The van der Waals surface area contributed by atoms with E-state index in [1.807, 2.05) is 0 Å². The molecule has 3 aromatic rings. The van der Waals surface area contributed by atoms with Gasteiger partial charge in [-0.05, 0) is 24.3 Å². The molecule has 0 aliphatic carbocycles. The van der Waals surface area contributed by atoms with Crippen LogP contribution in [-0.2, 0) is 6.18 Å². The number of rotatable bonds is 4. The molecule has 11 heteroatoms. The summed E-state index contributed by atoms with van der Waals surface area (Å²) < 4.78 is 39.0. The van der Waals surface area contributed by atoms with Crippen LogP contribution in [0.25, 0.3) is 5.69 Å². The Balaban J connectivity index is 1.86. The van der Waals surface area contributed by atoms with Crippen molar-refractivity contribution in [2.24, 2.45) is 5.73 Å². The van der Waals surface area contributed by atoms with Crippen LogP contribution >= 0.6 is 0 Å². The first kappa shape index (κ1) is 18.0. The summed E-state index contributed by atoms with van der Waals surface area (Å²) in [6.45, 7) is 0. The predicted octanol–water partition coefficient (Wildman–Crippen LogP) is 2.03. The van der Waals surface area contributed by atoms with E-state index < -0.39 is 23.7 Å². The second-order valence-electron chi connectivity index (χ2n) is 5.29. The molecule has 27 heavy (non-hydrogen) atoms. The maximum atomic E-state index is 12.5. The third-order valence-electron chi connectivity index (χ3n) is 3.43. The SMILES string of the molecule is NC(=O)c1cn(-c2cccnc2C(=O)Nc2ccc(C(F)(F)F)nc2)cn1. The van der Waals surface area contributed by atoms with Crippen LogP contribution in [0.2, 0.25) is 0 Å². The lowest BCUT2D eigenvalue weighted by atomic mass is 10.2. The standard InChI is InChI=1S/C16H11F3N6O2/c17-16(18,19)12-4-3-9(6-22-12)24-15(27)13-11(2-1-5-21-13)25-7-10(14(20)26)23-8-25/h1-8H,(H2,20,26)(H,24,27). The summed E-state index contributed by atoms with van der Waals surface area (Å²) in [6.07, 6.45) is 0.306. The number of halogens is 3. The molecule has 3 N–H and O–H groups in total. The smallest absolute Gasteiger partial charge is 0.364 e. The zero-order chi connectivity index (χ0) is 19.6. The van der Waals surface area contributed by atoms with Gasteiger partial charge < -0.3 is 15.6 Å². The zero-order valence-corrected chi connectivity index (χ0v) is 13.4. The Labute approximate surface area is 149 Å². The van der Waals surface area contributed by atoms with Crippen molar-refractivity contribution in [1.82, 2.24) is 19.5 Å². The second-order valence-corrected chi connectivity index (χ2v) is 5.29. The van der Waals surface area contributed by atoms with Gasteiger partial charge in [0.1, 0.15) is 17.7 Å². The molecule has 0 radical (unpaired) electrons. The lowest BCUT2D eigenvalue weighted by Crippen LogP contribution is -2.17. The lowest BCUT2D eigenvalue weighted by Gasteiger charge is -2.10. The number of carbonyl (C=O) groups excluding carboxylic acids is 2. The summed E-state index contributed by atoms with van der Waals surface area (Å²) in [5.41, 5.74) is 4.40. The van der Waals surface area contributed by atoms with E-state index in [0.717, 1.165) is 18.3 Å². The van der Waals surface area contributed by atoms with Crippen molar-refractivity contribution >= 4 is 17.5 Å². The van der Waals surface area contributed by atoms with Crippen LogP contribution in [-0.4, -0.2) is 31.3 Å². The Kier molecular flexibility index (Phi) is 4.59. The third kappa shape index (κ3) is 3.92. The van der Waals surface area contributed by atoms with Crippen molar-refractivity contribution in [1.29, 1.82) is 0 Å². The van der Waals surface area contributed by atoms with Gasteiger partial charge in [0, 0.05) is 12.4 Å². The Hall–Kier alpha value is -3.76. The van der Waals surface area contributed by atoms with E-state index in [0.29, 0.717) is 5.69 Å². The minimum atomic E-state index is -4.57. The number of aromatic nitrogens is 4. The number of alkyl halides is 3. The molecule has 3 heterocycles. The van der Waals surface area contributed by atoms with E-state index in [1.54, 1.807) is 12.1 Å². The zero-order valence-electron chi connectivity index (χ0n) is 13.4. The molecule has 8 nitrogen and oxygen atoms in total. The average molecular weight is 376 g/mol. The van der Waals surface area contributed by atoms with Gasteiger partial charge in [-0.15, -0.1) is 0 Å². The molecule has 0 saturated carbocycles. The first-order valence-corrected chi connectivity index (χ1v) is 7.39. The van der Waals surface area contributed by atoms with Crippen LogP contribution in [0.3, 0.4) is 0 Å². The Morgan fingerprint density at radius 1 is 1.11 bits per heavy atom. The number of amides is 2. The van der Waals surface area contributed by atoms with Gasteiger partial charge in [0.2, 0.25) is 0 Å². The molecule has 0 fully saturated rings. The van der Waals surface area contributed by atoms with Crippen molar-refractivity contribution in [3.63, 3.8) is 0 Å². The molecule has 0 aromatic carbocycles. The topological polar surface area (TPSA) is 116 Å². The number of imidazole rings is 1. The van der Waals surface area contributed by atoms with E-state index in [1.165, 1.54) is 23.3 Å². The summed E-state index contributed by atoms with van der Waals surface area (Å²) in [4.78, 5) is 34.7. The van der Waals surface area contributed by atoms with Crippen LogP contribution in [0.5, 0.6) is 0 Å². The molecule has 3 aromatic heterocycles. The number of anilines is 1. The van der Waals surface area contributed by atoms with E-state index in [9.17, 15) is 22.8 Å². The number of hydrogen-bond donors (Lipinski definition) is 2. The number of nitrogens with one attached hydrogen (secondary N) is 1. The molecule has 0 saturated heterocycles. The first-order valence-electron chi connectivity index (χ1n) is 7.39. The van der Waals surface area contributed by atoms with Crippen LogP contribution in [0.1, 0.15) is 26.7 Å². The molecular weight excluding hydrogens is 365 g/mol.